The molecule has 16 heavy (non-hydrogen) atoms. The molecule has 0 aliphatic carbocycles. The molecule has 0 bridgehead atoms. The van der Waals surface area contributed by atoms with Crippen molar-refractivity contribution < 1.29 is 4.74 Å². The quantitative estimate of drug-likeness (QED) is 0.734. The highest BCUT2D eigenvalue weighted by atomic mass is 32.1. The lowest BCUT2D eigenvalue weighted by Gasteiger charge is -2.29. The van der Waals surface area contributed by atoms with E-state index in [1.54, 1.807) is 0 Å². The van der Waals surface area contributed by atoms with Gasteiger partial charge in [-0.1, -0.05) is 32.0 Å². The van der Waals surface area contributed by atoms with Crippen LogP contribution < -0.4 is 4.74 Å². The van der Waals surface area contributed by atoms with E-state index in [4.69, 9.17) is 4.74 Å². The number of aryl methyl sites for hydroxylation is 1. The highest BCUT2D eigenvalue weighted by molar-refractivity contribution is 7.80. The molecule has 90 valence electrons. The number of benzene rings is 1. The lowest BCUT2D eigenvalue weighted by atomic mass is 9.85. The minimum absolute atomic E-state index is 0.214. The fourth-order valence-corrected chi connectivity index (χ4v) is 2.21. The van der Waals surface area contributed by atoms with Gasteiger partial charge in [-0.2, -0.15) is 12.6 Å². The van der Waals surface area contributed by atoms with Crippen LogP contribution >= 0.6 is 12.6 Å². The molecular formula is C14H22OS. The van der Waals surface area contributed by atoms with E-state index in [2.05, 4.69) is 39.5 Å². The Labute approximate surface area is 105 Å². The molecular weight excluding hydrogens is 216 g/mol. The Morgan fingerprint density at radius 2 is 1.81 bits per heavy atom. The van der Waals surface area contributed by atoms with E-state index in [0.29, 0.717) is 0 Å². The van der Waals surface area contributed by atoms with Crippen LogP contribution in [0.5, 0.6) is 5.75 Å². The third kappa shape index (κ3) is 3.18. The van der Waals surface area contributed by atoms with Gasteiger partial charge in [0.15, 0.2) is 0 Å². The first kappa shape index (κ1) is 13.4. The van der Waals surface area contributed by atoms with Crippen LogP contribution in [0.3, 0.4) is 0 Å². The number of hydrogen-bond donors (Lipinski definition) is 1. The van der Waals surface area contributed by atoms with Crippen molar-refractivity contribution in [3.63, 3.8) is 0 Å². The SMILES string of the molecule is CCC(CC)(CS)COc1ccccc1C. The van der Waals surface area contributed by atoms with E-state index in [-0.39, 0.29) is 5.41 Å². The second-order valence-electron chi connectivity index (χ2n) is 4.42. The van der Waals surface area contributed by atoms with Crippen molar-refractivity contribution in [3.05, 3.63) is 29.8 Å². The van der Waals surface area contributed by atoms with Gasteiger partial charge in [0.25, 0.3) is 0 Å². The molecule has 1 aromatic carbocycles. The normalized spacial score (nSPS) is 11.5. The summed E-state index contributed by atoms with van der Waals surface area (Å²) < 4.78 is 5.93. The Hall–Kier alpha value is -0.630. The lowest BCUT2D eigenvalue weighted by molar-refractivity contribution is 0.156. The molecule has 0 aliphatic heterocycles. The summed E-state index contributed by atoms with van der Waals surface area (Å²) in [5.74, 6) is 1.88. The standard InChI is InChI=1S/C14H22OS/c1-4-14(5-2,11-16)10-15-13-9-7-6-8-12(13)3/h6-9,16H,4-5,10-11H2,1-3H3. The molecule has 0 heterocycles. The lowest BCUT2D eigenvalue weighted by Crippen LogP contribution is -2.29. The largest absolute Gasteiger partial charge is 0.493 e. The fourth-order valence-electron chi connectivity index (χ4n) is 1.67. The van der Waals surface area contributed by atoms with Crippen molar-refractivity contribution >= 4 is 12.6 Å². The molecule has 2 heteroatoms. The Morgan fingerprint density at radius 3 is 2.31 bits per heavy atom. The van der Waals surface area contributed by atoms with Crippen LogP contribution in [-0.4, -0.2) is 12.4 Å². The summed E-state index contributed by atoms with van der Waals surface area (Å²) in [6, 6.07) is 8.16. The number of rotatable bonds is 6. The van der Waals surface area contributed by atoms with Gasteiger partial charge in [-0.25, -0.2) is 0 Å². The molecule has 0 atom stereocenters. The summed E-state index contributed by atoms with van der Waals surface area (Å²) in [7, 11) is 0. The smallest absolute Gasteiger partial charge is 0.122 e. The Balaban J connectivity index is 2.66. The first-order chi connectivity index (χ1) is 7.67. The third-order valence-electron chi connectivity index (χ3n) is 3.46. The molecule has 0 unspecified atom stereocenters. The second kappa shape index (κ2) is 6.19. The molecule has 0 amide bonds. The predicted octanol–water partition coefficient (Wildman–Crippen LogP) is 4.11. The van der Waals surface area contributed by atoms with Crippen molar-refractivity contribution in [2.45, 2.75) is 33.6 Å². The summed E-state index contributed by atoms with van der Waals surface area (Å²) in [6.07, 6.45) is 2.22. The van der Waals surface area contributed by atoms with E-state index < -0.39 is 0 Å². The predicted molar refractivity (Wildman–Crippen MR) is 73.5 cm³/mol. The van der Waals surface area contributed by atoms with E-state index in [9.17, 15) is 0 Å². The summed E-state index contributed by atoms with van der Waals surface area (Å²) in [5.41, 5.74) is 1.41. The number of thiol groups is 1. The van der Waals surface area contributed by atoms with Crippen molar-refractivity contribution in [1.29, 1.82) is 0 Å². The first-order valence-electron chi connectivity index (χ1n) is 5.96. The zero-order valence-corrected chi connectivity index (χ0v) is 11.4. The van der Waals surface area contributed by atoms with Crippen molar-refractivity contribution in [2.24, 2.45) is 5.41 Å². The summed E-state index contributed by atoms with van der Waals surface area (Å²) in [5, 5.41) is 0. The molecule has 0 aromatic heterocycles. The number of hydrogen-bond acceptors (Lipinski definition) is 2. The topological polar surface area (TPSA) is 9.23 Å². The average molecular weight is 238 g/mol. The van der Waals surface area contributed by atoms with Gasteiger partial charge in [-0.3, -0.25) is 0 Å². The van der Waals surface area contributed by atoms with Crippen LogP contribution in [0.25, 0.3) is 0 Å². The third-order valence-corrected chi connectivity index (χ3v) is 4.13. The van der Waals surface area contributed by atoms with Crippen molar-refractivity contribution in [3.8, 4) is 5.75 Å². The molecule has 1 aromatic rings. The van der Waals surface area contributed by atoms with Gasteiger partial charge in [0, 0.05) is 5.41 Å². The molecule has 0 spiro atoms. The average Bonchev–Trinajstić information content (AvgIpc) is 2.34. The van der Waals surface area contributed by atoms with Crippen LogP contribution in [0.2, 0.25) is 0 Å². The minimum atomic E-state index is 0.214. The summed E-state index contributed by atoms with van der Waals surface area (Å²) in [4.78, 5) is 0. The number of para-hydroxylation sites is 1. The Morgan fingerprint density at radius 1 is 1.19 bits per heavy atom. The van der Waals surface area contributed by atoms with Gasteiger partial charge in [-0.15, -0.1) is 0 Å². The van der Waals surface area contributed by atoms with Crippen LogP contribution in [0, 0.1) is 12.3 Å². The van der Waals surface area contributed by atoms with Gasteiger partial charge in [0.05, 0.1) is 6.61 Å². The summed E-state index contributed by atoms with van der Waals surface area (Å²) in [6.45, 7) is 7.26. The molecule has 1 rings (SSSR count). The maximum atomic E-state index is 5.93. The monoisotopic (exact) mass is 238 g/mol. The summed E-state index contributed by atoms with van der Waals surface area (Å²) >= 11 is 4.45. The van der Waals surface area contributed by atoms with Crippen LogP contribution in [0.4, 0.5) is 0 Å². The molecule has 0 aliphatic rings. The van der Waals surface area contributed by atoms with Gasteiger partial charge in [-0.05, 0) is 37.1 Å². The van der Waals surface area contributed by atoms with Crippen LogP contribution in [0.15, 0.2) is 24.3 Å². The maximum absolute atomic E-state index is 5.93. The van der Waals surface area contributed by atoms with Crippen molar-refractivity contribution in [2.75, 3.05) is 12.4 Å². The molecule has 0 saturated carbocycles. The minimum Gasteiger partial charge on any atom is -0.493 e. The maximum Gasteiger partial charge on any atom is 0.122 e. The van der Waals surface area contributed by atoms with E-state index in [1.165, 1.54) is 5.56 Å². The molecule has 0 N–H and O–H groups in total. The van der Waals surface area contributed by atoms with E-state index >= 15 is 0 Å². The second-order valence-corrected chi connectivity index (χ2v) is 4.74. The molecule has 0 fully saturated rings. The zero-order valence-electron chi connectivity index (χ0n) is 10.5. The fraction of sp³-hybridized carbons (Fsp3) is 0.571. The Bertz CT molecular complexity index is 310. The van der Waals surface area contributed by atoms with Crippen molar-refractivity contribution in [1.82, 2.24) is 0 Å². The van der Waals surface area contributed by atoms with E-state index in [0.717, 1.165) is 31.0 Å². The van der Waals surface area contributed by atoms with Gasteiger partial charge in [0.2, 0.25) is 0 Å². The van der Waals surface area contributed by atoms with Crippen LogP contribution in [0.1, 0.15) is 32.3 Å². The zero-order chi connectivity index (χ0) is 12.0. The van der Waals surface area contributed by atoms with Gasteiger partial charge < -0.3 is 4.74 Å². The molecule has 0 saturated heterocycles. The van der Waals surface area contributed by atoms with E-state index in [1.807, 2.05) is 18.2 Å². The molecule has 1 nitrogen and oxygen atoms in total. The Kier molecular flexibility index (Phi) is 5.20. The van der Waals surface area contributed by atoms with Crippen LogP contribution in [-0.2, 0) is 0 Å². The number of ether oxygens (including phenoxy) is 1. The van der Waals surface area contributed by atoms with Gasteiger partial charge >= 0.3 is 0 Å². The molecule has 0 radical (unpaired) electrons. The highest BCUT2D eigenvalue weighted by Crippen LogP contribution is 2.29. The van der Waals surface area contributed by atoms with Gasteiger partial charge in [0.1, 0.15) is 5.75 Å². The first-order valence-corrected chi connectivity index (χ1v) is 6.60. The highest BCUT2D eigenvalue weighted by Gasteiger charge is 2.25.